The first-order chi connectivity index (χ1) is 9.47. The number of hydrogen-bond acceptors (Lipinski definition) is 2. The van der Waals surface area contributed by atoms with E-state index in [0.717, 1.165) is 19.0 Å². The van der Waals surface area contributed by atoms with Crippen molar-refractivity contribution in [2.75, 3.05) is 26.2 Å². The van der Waals surface area contributed by atoms with Gasteiger partial charge in [-0.25, -0.2) is 0 Å². The first-order valence-corrected chi connectivity index (χ1v) is 8.10. The zero-order valence-electron chi connectivity index (χ0n) is 13.8. The maximum absolute atomic E-state index is 9.31. The molecule has 4 heteroatoms. The highest BCUT2D eigenvalue weighted by molar-refractivity contribution is 5.79. The second kappa shape index (κ2) is 7.87. The second-order valence-electron chi connectivity index (χ2n) is 6.93. The maximum Gasteiger partial charge on any atom is 0.191 e. The van der Waals surface area contributed by atoms with Crippen molar-refractivity contribution >= 4 is 5.96 Å². The smallest absolute Gasteiger partial charge is 0.191 e. The Hall–Kier alpha value is -0.770. The van der Waals surface area contributed by atoms with Crippen LogP contribution in [0.15, 0.2) is 4.99 Å². The van der Waals surface area contributed by atoms with Crippen LogP contribution in [0.3, 0.4) is 0 Å². The monoisotopic (exact) mass is 283 g/mol. The fourth-order valence-corrected chi connectivity index (χ4v) is 2.74. The molecule has 0 heterocycles. The number of nitrogens with one attached hydrogen (secondary N) is 2. The Morgan fingerprint density at radius 2 is 1.85 bits per heavy atom. The molecule has 1 aliphatic carbocycles. The zero-order chi connectivity index (χ0) is 15.1. The maximum atomic E-state index is 9.31. The van der Waals surface area contributed by atoms with Crippen molar-refractivity contribution in [2.24, 2.45) is 15.8 Å². The molecule has 1 aliphatic rings. The number of hydrogen-bond donors (Lipinski definition) is 3. The Morgan fingerprint density at radius 3 is 2.35 bits per heavy atom. The third-order valence-corrected chi connectivity index (χ3v) is 4.48. The van der Waals surface area contributed by atoms with E-state index in [1.165, 1.54) is 32.1 Å². The van der Waals surface area contributed by atoms with Crippen LogP contribution < -0.4 is 10.6 Å². The molecule has 20 heavy (non-hydrogen) atoms. The highest BCUT2D eigenvalue weighted by Gasteiger charge is 2.31. The molecule has 0 aliphatic heterocycles. The Kier molecular flexibility index (Phi) is 6.80. The molecule has 0 spiro atoms. The van der Waals surface area contributed by atoms with Crippen molar-refractivity contribution in [1.29, 1.82) is 0 Å². The van der Waals surface area contributed by atoms with E-state index in [2.05, 4.69) is 29.5 Å². The first kappa shape index (κ1) is 17.3. The van der Waals surface area contributed by atoms with E-state index in [9.17, 15) is 5.11 Å². The molecule has 4 nitrogen and oxygen atoms in total. The molecular weight excluding hydrogens is 250 g/mol. The summed E-state index contributed by atoms with van der Waals surface area (Å²) >= 11 is 0. The topological polar surface area (TPSA) is 56.7 Å². The Labute approximate surface area is 124 Å². The Morgan fingerprint density at radius 1 is 1.20 bits per heavy atom. The van der Waals surface area contributed by atoms with Crippen LogP contribution in [-0.4, -0.2) is 37.3 Å². The van der Waals surface area contributed by atoms with Gasteiger partial charge in [-0.3, -0.25) is 4.99 Å². The van der Waals surface area contributed by atoms with Crippen molar-refractivity contribution < 1.29 is 5.11 Å². The molecular formula is C16H33N3O. The molecule has 1 rings (SSSR count). The van der Waals surface area contributed by atoms with Gasteiger partial charge in [0.1, 0.15) is 0 Å². The summed E-state index contributed by atoms with van der Waals surface area (Å²) in [6.07, 6.45) is 6.62. The lowest BCUT2D eigenvalue weighted by Crippen LogP contribution is -2.43. The van der Waals surface area contributed by atoms with Crippen LogP contribution in [0.1, 0.15) is 59.8 Å². The third kappa shape index (κ3) is 5.31. The number of aliphatic hydroxyl groups is 1. The summed E-state index contributed by atoms with van der Waals surface area (Å²) in [6.45, 7) is 11.1. The molecule has 0 saturated heterocycles. The lowest BCUT2D eigenvalue weighted by atomic mass is 9.83. The van der Waals surface area contributed by atoms with Gasteiger partial charge in [-0.1, -0.05) is 33.6 Å². The molecule has 0 atom stereocenters. The molecule has 0 bridgehead atoms. The van der Waals surface area contributed by atoms with Gasteiger partial charge in [0, 0.05) is 25.1 Å². The SMILES string of the molecule is CCNC(=NCC(C)(C)CO)NCC1(CC)CCCC1. The predicted octanol–water partition coefficient (Wildman–Crippen LogP) is 2.53. The first-order valence-electron chi connectivity index (χ1n) is 8.10. The number of aliphatic imine (C=N–C) groups is 1. The minimum atomic E-state index is -0.155. The van der Waals surface area contributed by atoms with E-state index in [4.69, 9.17) is 0 Å². The summed E-state index contributed by atoms with van der Waals surface area (Å²) in [5, 5.41) is 16.1. The standard InChI is InChI=1S/C16H33N3O/c1-5-16(9-7-8-10-16)12-19-14(17-6-2)18-11-15(3,4)13-20/h20H,5-13H2,1-4H3,(H2,17,18,19). The van der Waals surface area contributed by atoms with Crippen LogP contribution in [0, 0.1) is 10.8 Å². The van der Waals surface area contributed by atoms with Crippen LogP contribution in [0.5, 0.6) is 0 Å². The molecule has 1 fully saturated rings. The van der Waals surface area contributed by atoms with Crippen LogP contribution in [0.2, 0.25) is 0 Å². The summed E-state index contributed by atoms with van der Waals surface area (Å²) in [6, 6.07) is 0. The zero-order valence-corrected chi connectivity index (χ0v) is 13.8. The van der Waals surface area contributed by atoms with Crippen LogP contribution in [0.25, 0.3) is 0 Å². The lowest BCUT2D eigenvalue weighted by Gasteiger charge is -2.29. The van der Waals surface area contributed by atoms with Crippen LogP contribution >= 0.6 is 0 Å². The van der Waals surface area contributed by atoms with E-state index in [1.807, 2.05) is 13.8 Å². The largest absolute Gasteiger partial charge is 0.396 e. The van der Waals surface area contributed by atoms with Crippen LogP contribution in [-0.2, 0) is 0 Å². The molecule has 0 unspecified atom stereocenters. The molecule has 1 saturated carbocycles. The van der Waals surface area contributed by atoms with Gasteiger partial charge in [-0.05, 0) is 31.6 Å². The minimum absolute atomic E-state index is 0.155. The number of guanidine groups is 1. The normalized spacial score (nSPS) is 19.1. The van der Waals surface area contributed by atoms with E-state index in [1.54, 1.807) is 0 Å². The summed E-state index contributed by atoms with van der Waals surface area (Å²) in [5.74, 6) is 0.883. The Bertz CT molecular complexity index is 307. The van der Waals surface area contributed by atoms with Gasteiger partial charge in [0.05, 0.1) is 6.54 Å². The van der Waals surface area contributed by atoms with Gasteiger partial charge in [-0.2, -0.15) is 0 Å². The average Bonchev–Trinajstić information content (AvgIpc) is 2.91. The third-order valence-electron chi connectivity index (χ3n) is 4.48. The van der Waals surface area contributed by atoms with Crippen molar-refractivity contribution in [1.82, 2.24) is 10.6 Å². The van der Waals surface area contributed by atoms with Gasteiger partial charge in [0.25, 0.3) is 0 Å². The van der Waals surface area contributed by atoms with E-state index < -0.39 is 0 Å². The predicted molar refractivity (Wildman–Crippen MR) is 86.0 cm³/mol. The highest BCUT2D eigenvalue weighted by atomic mass is 16.3. The van der Waals surface area contributed by atoms with E-state index >= 15 is 0 Å². The van der Waals surface area contributed by atoms with Gasteiger partial charge >= 0.3 is 0 Å². The molecule has 0 amide bonds. The van der Waals surface area contributed by atoms with Crippen LogP contribution in [0.4, 0.5) is 0 Å². The number of rotatable bonds is 7. The van der Waals surface area contributed by atoms with Gasteiger partial charge in [-0.15, -0.1) is 0 Å². The van der Waals surface area contributed by atoms with Crippen molar-refractivity contribution in [3.05, 3.63) is 0 Å². The molecule has 118 valence electrons. The molecule has 0 aromatic rings. The fraction of sp³-hybridized carbons (Fsp3) is 0.938. The lowest BCUT2D eigenvalue weighted by molar-refractivity contribution is 0.167. The molecule has 0 radical (unpaired) electrons. The van der Waals surface area contributed by atoms with Gasteiger partial charge in [0.15, 0.2) is 5.96 Å². The van der Waals surface area contributed by atoms with Crippen molar-refractivity contribution in [3.8, 4) is 0 Å². The molecule has 0 aromatic heterocycles. The Balaban J connectivity index is 2.56. The number of aliphatic hydroxyl groups excluding tert-OH is 1. The van der Waals surface area contributed by atoms with E-state index in [0.29, 0.717) is 12.0 Å². The van der Waals surface area contributed by atoms with Crippen molar-refractivity contribution in [2.45, 2.75) is 59.8 Å². The number of nitrogens with zero attached hydrogens (tertiary/aromatic N) is 1. The second-order valence-corrected chi connectivity index (χ2v) is 6.93. The van der Waals surface area contributed by atoms with Gasteiger partial charge in [0.2, 0.25) is 0 Å². The fourth-order valence-electron chi connectivity index (χ4n) is 2.74. The summed E-state index contributed by atoms with van der Waals surface area (Å²) in [5.41, 5.74) is 0.306. The highest BCUT2D eigenvalue weighted by Crippen LogP contribution is 2.40. The summed E-state index contributed by atoms with van der Waals surface area (Å²) in [4.78, 5) is 4.62. The molecule has 3 N–H and O–H groups in total. The van der Waals surface area contributed by atoms with Gasteiger partial charge < -0.3 is 15.7 Å². The quantitative estimate of drug-likeness (QED) is 0.497. The average molecular weight is 283 g/mol. The molecule has 0 aromatic carbocycles. The minimum Gasteiger partial charge on any atom is -0.396 e. The summed E-state index contributed by atoms with van der Waals surface area (Å²) in [7, 11) is 0. The summed E-state index contributed by atoms with van der Waals surface area (Å²) < 4.78 is 0. The van der Waals surface area contributed by atoms with E-state index in [-0.39, 0.29) is 12.0 Å². The van der Waals surface area contributed by atoms with Crippen molar-refractivity contribution in [3.63, 3.8) is 0 Å².